The van der Waals surface area contributed by atoms with E-state index in [-0.39, 0.29) is 0 Å². The van der Waals surface area contributed by atoms with Crippen LogP contribution in [0.4, 0.5) is 11.6 Å². The lowest BCUT2D eigenvalue weighted by Crippen LogP contribution is -1.96. The van der Waals surface area contributed by atoms with E-state index in [0.717, 1.165) is 28.2 Å². The average molecular weight is 360 g/mol. The molecular formula is C20H14ClN5. The van der Waals surface area contributed by atoms with Crippen LogP contribution in [0, 0.1) is 0 Å². The van der Waals surface area contributed by atoms with Gasteiger partial charge in [-0.15, -0.1) is 10.2 Å². The van der Waals surface area contributed by atoms with Crippen LogP contribution in [0.15, 0.2) is 78.9 Å². The lowest BCUT2D eigenvalue weighted by Gasteiger charge is -2.03. The molecule has 0 aliphatic carbocycles. The number of hydrogen-bond donors (Lipinski definition) is 1. The summed E-state index contributed by atoms with van der Waals surface area (Å²) in [7, 11) is 0. The van der Waals surface area contributed by atoms with Crippen LogP contribution in [0.5, 0.6) is 0 Å². The molecule has 0 bridgehead atoms. The van der Waals surface area contributed by atoms with Crippen LogP contribution in [-0.4, -0.2) is 19.2 Å². The van der Waals surface area contributed by atoms with Gasteiger partial charge in [-0.1, -0.05) is 41.9 Å². The van der Waals surface area contributed by atoms with E-state index in [9.17, 15) is 0 Å². The van der Waals surface area contributed by atoms with Gasteiger partial charge in [0.25, 0.3) is 0 Å². The number of rotatable bonds is 3. The minimum Gasteiger partial charge on any atom is -0.324 e. The summed E-state index contributed by atoms with van der Waals surface area (Å²) in [6.07, 6.45) is 0. The summed E-state index contributed by atoms with van der Waals surface area (Å²) in [6, 6.07) is 25.9. The van der Waals surface area contributed by atoms with Gasteiger partial charge in [-0.3, -0.25) is 4.57 Å². The molecule has 2 aromatic heterocycles. The molecule has 5 aromatic rings. The van der Waals surface area contributed by atoms with E-state index in [1.165, 1.54) is 0 Å². The van der Waals surface area contributed by atoms with Gasteiger partial charge >= 0.3 is 0 Å². The molecule has 0 amide bonds. The first-order valence-corrected chi connectivity index (χ1v) is 8.62. The zero-order chi connectivity index (χ0) is 17.5. The Bertz CT molecular complexity index is 1210. The first-order chi connectivity index (χ1) is 12.8. The number of imidazole rings is 1. The fraction of sp³-hybridized carbons (Fsp3) is 0. The second-order valence-corrected chi connectivity index (χ2v) is 6.39. The highest BCUT2D eigenvalue weighted by Gasteiger charge is 2.17. The van der Waals surface area contributed by atoms with Crippen molar-refractivity contribution in [3.05, 3.63) is 83.9 Å². The zero-order valence-electron chi connectivity index (χ0n) is 13.7. The molecule has 0 atom stereocenters. The van der Waals surface area contributed by atoms with Crippen molar-refractivity contribution in [2.24, 2.45) is 0 Å². The van der Waals surface area contributed by atoms with E-state index in [0.29, 0.717) is 11.0 Å². The Balaban J connectivity index is 1.74. The number of para-hydroxylation sites is 3. The highest BCUT2D eigenvalue weighted by Crippen LogP contribution is 2.28. The summed E-state index contributed by atoms with van der Waals surface area (Å²) in [5, 5.41) is 12.8. The van der Waals surface area contributed by atoms with Crippen molar-refractivity contribution in [2.75, 3.05) is 5.32 Å². The number of fused-ring (bicyclic) bond motifs is 3. The van der Waals surface area contributed by atoms with Crippen molar-refractivity contribution in [1.82, 2.24) is 19.2 Å². The monoisotopic (exact) mass is 359 g/mol. The Kier molecular flexibility index (Phi) is 3.40. The molecular weight excluding hydrogens is 346 g/mol. The molecule has 0 unspecified atom stereocenters. The molecule has 0 saturated carbocycles. The average Bonchev–Trinajstić information content (AvgIpc) is 3.23. The minimum absolute atomic E-state index is 0.660. The third kappa shape index (κ3) is 2.33. The third-order valence-corrected chi connectivity index (χ3v) is 4.58. The van der Waals surface area contributed by atoms with E-state index < -0.39 is 0 Å². The zero-order valence-corrected chi connectivity index (χ0v) is 14.4. The number of hydrogen-bond acceptors (Lipinski definition) is 3. The van der Waals surface area contributed by atoms with Crippen LogP contribution in [0.2, 0.25) is 5.02 Å². The Morgan fingerprint density at radius 3 is 2.19 bits per heavy atom. The largest absolute Gasteiger partial charge is 0.324 e. The molecule has 0 aliphatic heterocycles. The van der Waals surface area contributed by atoms with Crippen LogP contribution in [0.1, 0.15) is 0 Å². The molecule has 5 rings (SSSR count). The second-order valence-electron chi connectivity index (χ2n) is 5.95. The number of anilines is 2. The molecule has 0 radical (unpaired) electrons. The van der Waals surface area contributed by atoms with Gasteiger partial charge in [0.05, 0.1) is 11.0 Å². The molecule has 0 aliphatic rings. The fourth-order valence-corrected chi connectivity index (χ4v) is 3.29. The van der Waals surface area contributed by atoms with Gasteiger partial charge in [-0.25, -0.2) is 4.40 Å². The maximum absolute atomic E-state index is 5.97. The van der Waals surface area contributed by atoms with E-state index in [1.807, 2.05) is 59.0 Å². The highest BCUT2D eigenvalue weighted by molar-refractivity contribution is 6.30. The summed E-state index contributed by atoms with van der Waals surface area (Å²) < 4.78 is 4.13. The maximum atomic E-state index is 5.97. The SMILES string of the molecule is Clc1ccc(Nc2nnc3n(-c4ccccc4)c4ccccc4n23)cc1. The first kappa shape index (κ1) is 15.0. The molecule has 0 saturated heterocycles. The van der Waals surface area contributed by atoms with Crippen molar-refractivity contribution in [2.45, 2.75) is 0 Å². The highest BCUT2D eigenvalue weighted by atomic mass is 35.5. The van der Waals surface area contributed by atoms with Gasteiger partial charge < -0.3 is 5.32 Å². The van der Waals surface area contributed by atoms with E-state index in [2.05, 4.69) is 44.3 Å². The molecule has 0 spiro atoms. The van der Waals surface area contributed by atoms with Crippen LogP contribution in [0.3, 0.4) is 0 Å². The predicted molar refractivity (Wildman–Crippen MR) is 105 cm³/mol. The second kappa shape index (κ2) is 5.89. The summed E-state index contributed by atoms with van der Waals surface area (Å²) >= 11 is 5.97. The van der Waals surface area contributed by atoms with Crippen molar-refractivity contribution in [1.29, 1.82) is 0 Å². The summed E-state index contributed by atoms with van der Waals surface area (Å²) in [5.74, 6) is 1.42. The third-order valence-electron chi connectivity index (χ3n) is 4.32. The normalized spacial score (nSPS) is 11.3. The quantitative estimate of drug-likeness (QED) is 0.489. The number of nitrogens with one attached hydrogen (secondary N) is 1. The van der Waals surface area contributed by atoms with Gasteiger partial charge in [-0.2, -0.15) is 0 Å². The molecule has 26 heavy (non-hydrogen) atoms. The first-order valence-electron chi connectivity index (χ1n) is 8.24. The number of benzene rings is 3. The van der Waals surface area contributed by atoms with E-state index in [4.69, 9.17) is 11.6 Å². The number of nitrogens with zero attached hydrogens (tertiary/aromatic N) is 4. The minimum atomic E-state index is 0.660. The van der Waals surface area contributed by atoms with Crippen molar-refractivity contribution in [3.8, 4) is 5.69 Å². The van der Waals surface area contributed by atoms with E-state index >= 15 is 0 Å². The summed E-state index contributed by atoms with van der Waals surface area (Å²) in [6.45, 7) is 0. The molecule has 0 fully saturated rings. The molecule has 5 nitrogen and oxygen atoms in total. The lowest BCUT2D eigenvalue weighted by atomic mass is 10.3. The molecule has 1 N–H and O–H groups in total. The van der Waals surface area contributed by atoms with Crippen LogP contribution in [0.25, 0.3) is 22.5 Å². The molecule has 3 aromatic carbocycles. The van der Waals surface area contributed by atoms with Gasteiger partial charge in [0.1, 0.15) is 0 Å². The van der Waals surface area contributed by atoms with Crippen LogP contribution < -0.4 is 5.32 Å². The van der Waals surface area contributed by atoms with Crippen LogP contribution in [-0.2, 0) is 0 Å². The smallest absolute Gasteiger partial charge is 0.242 e. The topological polar surface area (TPSA) is 47.2 Å². The summed E-state index contributed by atoms with van der Waals surface area (Å²) in [4.78, 5) is 0. The summed E-state index contributed by atoms with van der Waals surface area (Å²) in [5.41, 5.74) is 4.06. The number of halogens is 1. The Morgan fingerprint density at radius 1 is 0.731 bits per heavy atom. The van der Waals surface area contributed by atoms with Gasteiger partial charge in [0.15, 0.2) is 0 Å². The van der Waals surface area contributed by atoms with Gasteiger partial charge in [-0.05, 0) is 48.5 Å². The Morgan fingerprint density at radius 2 is 1.42 bits per heavy atom. The number of aromatic nitrogens is 4. The Labute approximate surface area is 154 Å². The molecule has 126 valence electrons. The lowest BCUT2D eigenvalue weighted by molar-refractivity contribution is 1.05. The van der Waals surface area contributed by atoms with Gasteiger partial charge in [0, 0.05) is 16.4 Å². The van der Waals surface area contributed by atoms with Crippen molar-refractivity contribution in [3.63, 3.8) is 0 Å². The standard InChI is InChI=1S/C20H14ClN5/c21-14-10-12-15(13-11-14)22-19-23-24-20-25(16-6-2-1-3-7-16)17-8-4-5-9-18(17)26(19)20/h1-13H,(H,22,23). The van der Waals surface area contributed by atoms with Crippen molar-refractivity contribution < 1.29 is 0 Å². The Hall–Kier alpha value is -3.31. The van der Waals surface area contributed by atoms with E-state index in [1.54, 1.807) is 0 Å². The van der Waals surface area contributed by atoms with Gasteiger partial charge in [0.2, 0.25) is 11.7 Å². The fourth-order valence-electron chi connectivity index (χ4n) is 3.17. The maximum Gasteiger partial charge on any atom is 0.242 e. The molecule has 6 heteroatoms. The molecule has 2 heterocycles. The van der Waals surface area contributed by atoms with Crippen molar-refractivity contribution >= 4 is 40.0 Å². The van der Waals surface area contributed by atoms with Crippen LogP contribution >= 0.6 is 11.6 Å². The predicted octanol–water partition coefficient (Wildman–Crippen LogP) is 5.07.